The van der Waals surface area contributed by atoms with Crippen molar-refractivity contribution in [2.24, 2.45) is 0 Å². The number of rotatable bonds is 5. The van der Waals surface area contributed by atoms with E-state index in [4.69, 9.17) is 5.11 Å². The van der Waals surface area contributed by atoms with E-state index in [1.807, 2.05) is 48.5 Å². The predicted octanol–water partition coefficient (Wildman–Crippen LogP) is 3.39. The second-order valence-electron chi connectivity index (χ2n) is 4.82. The highest BCUT2D eigenvalue weighted by Gasteiger charge is 2.13. The number of alkyl halides is 1. The Labute approximate surface area is 133 Å². The molecule has 2 rings (SSSR count). The molecule has 0 radical (unpaired) electrons. The van der Waals surface area contributed by atoms with Gasteiger partial charge in [-0.1, -0.05) is 40.2 Å². The average molecular weight is 348 g/mol. The Morgan fingerprint density at radius 1 is 1.05 bits per heavy atom. The Morgan fingerprint density at radius 3 is 2.14 bits per heavy atom. The van der Waals surface area contributed by atoms with Gasteiger partial charge in [0.25, 0.3) is 5.91 Å². The summed E-state index contributed by atoms with van der Waals surface area (Å²) in [6.45, 7) is 0.00692. The number of carbonyl (C=O) groups excluding carboxylic acids is 1. The van der Waals surface area contributed by atoms with Gasteiger partial charge in [-0.15, -0.1) is 0 Å². The number of aryl methyl sites for hydroxylation is 1. The Morgan fingerprint density at radius 2 is 1.62 bits per heavy atom. The van der Waals surface area contributed by atoms with Gasteiger partial charge in [-0.25, -0.2) is 0 Å². The zero-order chi connectivity index (χ0) is 15.2. The Kier molecular flexibility index (Phi) is 5.53. The van der Waals surface area contributed by atoms with Crippen LogP contribution >= 0.6 is 15.9 Å². The topological polar surface area (TPSA) is 40.5 Å². The minimum absolute atomic E-state index is 0.00692. The molecule has 2 aromatic rings. The number of hydrogen-bond donors (Lipinski definition) is 1. The summed E-state index contributed by atoms with van der Waals surface area (Å²) in [4.78, 5) is 14.0. The molecule has 0 heterocycles. The first-order chi connectivity index (χ1) is 10.2. The first-order valence-electron chi connectivity index (χ1n) is 6.78. The summed E-state index contributed by atoms with van der Waals surface area (Å²) in [5.74, 6) is -0.0443. The highest BCUT2D eigenvalue weighted by Crippen LogP contribution is 2.17. The van der Waals surface area contributed by atoms with E-state index in [2.05, 4.69) is 15.9 Å². The number of amides is 1. The number of nitrogens with zero attached hydrogens (tertiary/aromatic N) is 1. The van der Waals surface area contributed by atoms with E-state index >= 15 is 0 Å². The summed E-state index contributed by atoms with van der Waals surface area (Å²) in [6.07, 6.45) is 0.951. The van der Waals surface area contributed by atoms with Crippen LogP contribution in [0, 0.1) is 0 Å². The molecule has 0 saturated carbocycles. The first kappa shape index (κ1) is 15.7. The summed E-state index contributed by atoms with van der Waals surface area (Å²) in [5, 5.41) is 9.95. The summed E-state index contributed by atoms with van der Waals surface area (Å²) < 4.78 is 0. The average Bonchev–Trinajstić information content (AvgIpc) is 2.54. The molecule has 0 aliphatic rings. The number of benzene rings is 2. The van der Waals surface area contributed by atoms with Crippen molar-refractivity contribution >= 4 is 27.5 Å². The van der Waals surface area contributed by atoms with E-state index < -0.39 is 0 Å². The van der Waals surface area contributed by atoms with Gasteiger partial charge in [-0.2, -0.15) is 0 Å². The summed E-state index contributed by atoms with van der Waals surface area (Å²) in [6, 6.07) is 15.0. The lowest BCUT2D eigenvalue weighted by Crippen LogP contribution is -2.26. The van der Waals surface area contributed by atoms with Crippen molar-refractivity contribution < 1.29 is 9.90 Å². The predicted molar refractivity (Wildman–Crippen MR) is 89.0 cm³/mol. The molecule has 0 aromatic heterocycles. The van der Waals surface area contributed by atoms with E-state index in [9.17, 15) is 4.79 Å². The molecule has 1 amide bonds. The zero-order valence-corrected chi connectivity index (χ0v) is 13.5. The fourth-order valence-electron chi connectivity index (χ4n) is 2.06. The Bertz CT molecular complexity index is 593. The van der Waals surface area contributed by atoms with Crippen LogP contribution in [0.5, 0.6) is 0 Å². The molecule has 0 bridgehead atoms. The van der Waals surface area contributed by atoms with Crippen molar-refractivity contribution in [3.63, 3.8) is 0 Å². The molecular formula is C17H18BrNO2. The van der Waals surface area contributed by atoms with Gasteiger partial charge < -0.3 is 10.0 Å². The second kappa shape index (κ2) is 7.38. The third kappa shape index (κ3) is 3.93. The Balaban J connectivity index is 2.13. The Hall–Kier alpha value is -1.65. The SMILES string of the molecule is CN(C(=O)c1ccc(CCBr)cc1)c1ccc(CO)cc1. The van der Waals surface area contributed by atoms with Gasteiger partial charge in [0.1, 0.15) is 0 Å². The van der Waals surface area contributed by atoms with Gasteiger partial charge in [0.15, 0.2) is 0 Å². The van der Waals surface area contributed by atoms with Crippen molar-refractivity contribution in [3.8, 4) is 0 Å². The third-order valence-corrected chi connectivity index (χ3v) is 3.79. The van der Waals surface area contributed by atoms with Crippen LogP contribution in [0.1, 0.15) is 21.5 Å². The van der Waals surface area contributed by atoms with E-state index in [1.54, 1.807) is 11.9 Å². The van der Waals surface area contributed by atoms with E-state index in [-0.39, 0.29) is 12.5 Å². The maximum Gasteiger partial charge on any atom is 0.258 e. The highest BCUT2D eigenvalue weighted by molar-refractivity contribution is 9.09. The smallest absolute Gasteiger partial charge is 0.258 e. The van der Waals surface area contributed by atoms with Gasteiger partial charge in [-0.05, 0) is 41.8 Å². The number of anilines is 1. The van der Waals surface area contributed by atoms with Crippen LogP contribution in [0.15, 0.2) is 48.5 Å². The highest BCUT2D eigenvalue weighted by atomic mass is 79.9. The molecule has 0 spiro atoms. The number of hydrogen-bond acceptors (Lipinski definition) is 2. The second-order valence-corrected chi connectivity index (χ2v) is 5.62. The van der Waals surface area contributed by atoms with Crippen LogP contribution in [0.2, 0.25) is 0 Å². The normalized spacial score (nSPS) is 10.4. The number of aliphatic hydroxyl groups is 1. The third-order valence-electron chi connectivity index (χ3n) is 3.39. The fraction of sp³-hybridized carbons (Fsp3) is 0.235. The zero-order valence-electron chi connectivity index (χ0n) is 11.9. The standard InChI is InChI=1S/C17H18BrNO2/c1-19(16-8-4-14(12-20)5-9-16)17(21)15-6-2-13(3-7-15)10-11-18/h2-9,20H,10-12H2,1H3. The maximum atomic E-state index is 12.4. The number of halogens is 1. The molecule has 2 aromatic carbocycles. The minimum Gasteiger partial charge on any atom is -0.392 e. The van der Waals surface area contributed by atoms with Gasteiger partial charge >= 0.3 is 0 Å². The quantitative estimate of drug-likeness (QED) is 0.842. The monoisotopic (exact) mass is 347 g/mol. The van der Waals surface area contributed by atoms with Gasteiger partial charge in [0.05, 0.1) is 6.61 Å². The summed E-state index contributed by atoms with van der Waals surface area (Å²) in [7, 11) is 1.75. The molecule has 1 N–H and O–H groups in total. The lowest BCUT2D eigenvalue weighted by molar-refractivity contribution is 0.0993. The molecule has 0 aliphatic heterocycles. The van der Waals surface area contributed by atoms with Crippen LogP contribution in [0.25, 0.3) is 0 Å². The van der Waals surface area contributed by atoms with Crippen LogP contribution in [0.4, 0.5) is 5.69 Å². The lowest BCUT2D eigenvalue weighted by Gasteiger charge is -2.18. The van der Waals surface area contributed by atoms with Crippen molar-refractivity contribution in [3.05, 3.63) is 65.2 Å². The van der Waals surface area contributed by atoms with Crippen LogP contribution in [-0.4, -0.2) is 23.4 Å². The number of carbonyl (C=O) groups is 1. The van der Waals surface area contributed by atoms with Gasteiger partial charge in [0, 0.05) is 23.6 Å². The molecule has 110 valence electrons. The van der Waals surface area contributed by atoms with Crippen molar-refractivity contribution in [1.82, 2.24) is 0 Å². The lowest BCUT2D eigenvalue weighted by atomic mass is 10.1. The molecule has 0 atom stereocenters. The molecule has 0 unspecified atom stereocenters. The molecule has 21 heavy (non-hydrogen) atoms. The van der Waals surface area contributed by atoms with Crippen molar-refractivity contribution in [2.45, 2.75) is 13.0 Å². The fourth-order valence-corrected chi connectivity index (χ4v) is 2.52. The van der Waals surface area contributed by atoms with E-state index in [0.717, 1.165) is 23.0 Å². The van der Waals surface area contributed by atoms with Crippen LogP contribution < -0.4 is 4.90 Å². The first-order valence-corrected chi connectivity index (χ1v) is 7.90. The maximum absolute atomic E-state index is 12.4. The minimum atomic E-state index is -0.0443. The van der Waals surface area contributed by atoms with Crippen molar-refractivity contribution in [2.75, 3.05) is 17.3 Å². The molecule has 0 fully saturated rings. The number of aliphatic hydroxyl groups excluding tert-OH is 1. The summed E-state index contributed by atoms with van der Waals surface area (Å²) >= 11 is 3.41. The van der Waals surface area contributed by atoms with Crippen LogP contribution in [-0.2, 0) is 13.0 Å². The van der Waals surface area contributed by atoms with Crippen molar-refractivity contribution in [1.29, 1.82) is 0 Å². The van der Waals surface area contributed by atoms with E-state index in [0.29, 0.717) is 5.56 Å². The van der Waals surface area contributed by atoms with E-state index in [1.165, 1.54) is 5.56 Å². The molecular weight excluding hydrogens is 330 g/mol. The molecule has 0 saturated heterocycles. The van der Waals surface area contributed by atoms with Gasteiger partial charge in [-0.3, -0.25) is 4.79 Å². The van der Waals surface area contributed by atoms with Gasteiger partial charge in [0.2, 0.25) is 0 Å². The molecule has 0 aliphatic carbocycles. The molecule has 3 nitrogen and oxygen atoms in total. The largest absolute Gasteiger partial charge is 0.392 e. The summed E-state index contributed by atoms with van der Waals surface area (Å²) in [5.41, 5.74) is 3.51. The molecule has 4 heteroatoms. The van der Waals surface area contributed by atoms with Crippen LogP contribution in [0.3, 0.4) is 0 Å².